The molecule has 25 heavy (non-hydrogen) atoms. The lowest BCUT2D eigenvalue weighted by Gasteiger charge is -2.31. The van der Waals surface area contributed by atoms with Crippen molar-refractivity contribution in [2.24, 2.45) is 0 Å². The first-order valence-electron chi connectivity index (χ1n) is 7.55. The van der Waals surface area contributed by atoms with E-state index in [9.17, 15) is 9.18 Å². The Kier molecular flexibility index (Phi) is 4.11. The molecule has 0 aliphatic carbocycles. The summed E-state index contributed by atoms with van der Waals surface area (Å²) >= 11 is 7.42. The molecule has 1 N–H and O–H groups in total. The highest BCUT2D eigenvalue weighted by molar-refractivity contribution is 7.99. The van der Waals surface area contributed by atoms with Crippen LogP contribution in [0, 0.1) is 5.82 Å². The van der Waals surface area contributed by atoms with Crippen molar-refractivity contribution in [3.05, 3.63) is 77.6 Å². The maximum absolute atomic E-state index is 13.3. The summed E-state index contributed by atoms with van der Waals surface area (Å²) in [5.41, 5.74) is 2.04. The van der Waals surface area contributed by atoms with Crippen LogP contribution in [-0.4, -0.2) is 6.03 Å². The van der Waals surface area contributed by atoms with Crippen molar-refractivity contribution in [3.8, 4) is 0 Å². The highest BCUT2D eigenvalue weighted by Crippen LogP contribution is 2.48. The molecule has 6 heteroatoms. The minimum absolute atomic E-state index is 0.0344. The summed E-state index contributed by atoms with van der Waals surface area (Å²) in [7, 11) is 0. The molecule has 1 heterocycles. The number of anilines is 3. The van der Waals surface area contributed by atoms with Gasteiger partial charge in [0.05, 0.1) is 16.4 Å². The zero-order valence-corrected chi connectivity index (χ0v) is 14.4. The highest BCUT2D eigenvalue weighted by Gasteiger charge is 2.27. The molecule has 1 aliphatic heterocycles. The predicted molar refractivity (Wildman–Crippen MR) is 99.6 cm³/mol. The quantitative estimate of drug-likeness (QED) is 0.544. The molecule has 4 rings (SSSR count). The number of carbonyl (C=O) groups is 1. The molecule has 0 saturated heterocycles. The Hall–Kier alpha value is -2.50. The van der Waals surface area contributed by atoms with Gasteiger partial charge in [-0.1, -0.05) is 47.6 Å². The van der Waals surface area contributed by atoms with E-state index >= 15 is 0 Å². The van der Waals surface area contributed by atoms with Crippen LogP contribution in [0.1, 0.15) is 0 Å². The van der Waals surface area contributed by atoms with Gasteiger partial charge in [-0.15, -0.1) is 0 Å². The van der Waals surface area contributed by atoms with E-state index in [2.05, 4.69) is 5.32 Å². The SMILES string of the molecule is O=C(Nc1ccc(F)c(Cl)c1)N1c2ccccc2Sc2ccccc21. The van der Waals surface area contributed by atoms with Crippen LogP contribution in [0.5, 0.6) is 0 Å². The van der Waals surface area contributed by atoms with Crippen molar-refractivity contribution in [3.63, 3.8) is 0 Å². The van der Waals surface area contributed by atoms with Gasteiger partial charge in [-0.3, -0.25) is 4.90 Å². The number of nitrogens with zero attached hydrogens (tertiary/aromatic N) is 1. The number of amides is 2. The number of fused-ring (bicyclic) bond motifs is 2. The molecule has 3 nitrogen and oxygen atoms in total. The van der Waals surface area contributed by atoms with Gasteiger partial charge in [0.2, 0.25) is 0 Å². The van der Waals surface area contributed by atoms with E-state index in [-0.39, 0.29) is 11.1 Å². The molecule has 0 saturated carbocycles. The molecule has 124 valence electrons. The van der Waals surface area contributed by atoms with Gasteiger partial charge in [-0.2, -0.15) is 0 Å². The third-order valence-electron chi connectivity index (χ3n) is 3.81. The van der Waals surface area contributed by atoms with Crippen LogP contribution in [0.25, 0.3) is 0 Å². The lowest BCUT2D eigenvalue weighted by molar-refractivity contribution is 0.259. The van der Waals surface area contributed by atoms with Crippen molar-refractivity contribution in [1.29, 1.82) is 0 Å². The van der Waals surface area contributed by atoms with Gasteiger partial charge >= 0.3 is 6.03 Å². The van der Waals surface area contributed by atoms with Crippen molar-refractivity contribution in [1.82, 2.24) is 0 Å². The van der Waals surface area contributed by atoms with E-state index in [0.717, 1.165) is 21.2 Å². The minimum atomic E-state index is -0.523. The van der Waals surface area contributed by atoms with Gasteiger partial charge in [0.1, 0.15) is 5.82 Å². The highest BCUT2D eigenvalue weighted by atomic mass is 35.5. The molecule has 3 aromatic carbocycles. The number of halogens is 2. The van der Waals surface area contributed by atoms with Gasteiger partial charge in [0.25, 0.3) is 0 Å². The van der Waals surface area contributed by atoms with Crippen LogP contribution in [0.2, 0.25) is 5.02 Å². The van der Waals surface area contributed by atoms with Crippen molar-refractivity contribution < 1.29 is 9.18 Å². The van der Waals surface area contributed by atoms with Gasteiger partial charge < -0.3 is 5.32 Å². The minimum Gasteiger partial charge on any atom is -0.307 e. The van der Waals surface area contributed by atoms with Gasteiger partial charge in [-0.25, -0.2) is 9.18 Å². The second kappa shape index (κ2) is 6.43. The zero-order chi connectivity index (χ0) is 17.4. The Balaban J connectivity index is 1.73. The first-order chi connectivity index (χ1) is 12.1. The van der Waals surface area contributed by atoms with Crippen LogP contribution in [-0.2, 0) is 0 Å². The Labute approximate surface area is 153 Å². The summed E-state index contributed by atoms with van der Waals surface area (Å²) in [6.07, 6.45) is 0. The second-order valence-electron chi connectivity index (χ2n) is 5.43. The topological polar surface area (TPSA) is 32.3 Å². The largest absolute Gasteiger partial charge is 0.331 e. The van der Waals surface area contributed by atoms with E-state index < -0.39 is 5.82 Å². The summed E-state index contributed by atoms with van der Waals surface area (Å²) < 4.78 is 13.3. The number of urea groups is 1. The van der Waals surface area contributed by atoms with Gasteiger partial charge in [-0.05, 0) is 42.5 Å². The number of para-hydroxylation sites is 2. The first kappa shape index (κ1) is 16.0. The van der Waals surface area contributed by atoms with Crippen molar-refractivity contribution in [2.75, 3.05) is 10.2 Å². The lowest BCUT2D eigenvalue weighted by atomic mass is 10.2. The predicted octanol–water partition coefficient (Wildman–Crippen LogP) is 6.31. The van der Waals surface area contributed by atoms with Crippen LogP contribution in [0.4, 0.5) is 26.2 Å². The molecule has 1 aliphatic rings. The molecule has 2 amide bonds. The van der Waals surface area contributed by atoms with Crippen LogP contribution in [0.3, 0.4) is 0 Å². The Morgan fingerprint density at radius 2 is 1.56 bits per heavy atom. The van der Waals surface area contributed by atoms with Gasteiger partial charge in [0.15, 0.2) is 0 Å². The smallest absolute Gasteiger partial charge is 0.307 e. The van der Waals surface area contributed by atoms with E-state index in [1.54, 1.807) is 16.7 Å². The Bertz CT molecular complexity index is 934. The van der Waals surface area contributed by atoms with E-state index in [0.29, 0.717) is 5.69 Å². The normalized spacial score (nSPS) is 12.3. The van der Waals surface area contributed by atoms with Crippen LogP contribution in [0.15, 0.2) is 76.5 Å². The number of hydrogen-bond donors (Lipinski definition) is 1. The standard InChI is InChI=1S/C19H12ClFN2OS/c20-13-11-12(9-10-14(13)21)22-19(24)23-15-5-1-3-7-17(15)25-18-8-4-2-6-16(18)23/h1-11H,(H,22,24). The average molecular weight is 371 g/mol. The monoisotopic (exact) mass is 370 g/mol. The molecular weight excluding hydrogens is 359 g/mol. The fourth-order valence-corrected chi connectivity index (χ4v) is 3.92. The first-order valence-corrected chi connectivity index (χ1v) is 8.75. The molecule has 0 bridgehead atoms. The molecule has 0 radical (unpaired) electrons. The van der Waals surface area contributed by atoms with Crippen molar-refractivity contribution >= 4 is 46.5 Å². The summed E-state index contributed by atoms with van der Waals surface area (Å²) in [6, 6.07) is 19.2. The molecule has 3 aromatic rings. The average Bonchev–Trinajstić information content (AvgIpc) is 2.62. The fraction of sp³-hybridized carbons (Fsp3) is 0. The molecule has 0 aromatic heterocycles. The fourth-order valence-electron chi connectivity index (χ4n) is 2.68. The Morgan fingerprint density at radius 1 is 0.960 bits per heavy atom. The molecule has 0 atom stereocenters. The summed E-state index contributed by atoms with van der Waals surface area (Å²) in [5.74, 6) is -0.523. The molecule has 0 unspecified atom stereocenters. The van der Waals surface area contributed by atoms with Gasteiger partial charge in [0, 0.05) is 15.5 Å². The molecular formula is C19H12ClFN2OS. The van der Waals surface area contributed by atoms with Crippen molar-refractivity contribution in [2.45, 2.75) is 9.79 Å². The maximum Gasteiger partial charge on any atom is 0.331 e. The summed E-state index contributed by atoms with van der Waals surface area (Å²) in [6.45, 7) is 0. The Morgan fingerprint density at radius 3 is 2.16 bits per heavy atom. The van der Waals surface area contributed by atoms with E-state index in [4.69, 9.17) is 11.6 Å². The number of carbonyl (C=O) groups excluding carboxylic acids is 1. The third kappa shape index (κ3) is 2.97. The lowest BCUT2D eigenvalue weighted by Crippen LogP contribution is -2.32. The zero-order valence-electron chi connectivity index (χ0n) is 12.9. The van der Waals surface area contributed by atoms with E-state index in [1.165, 1.54) is 18.2 Å². The second-order valence-corrected chi connectivity index (χ2v) is 6.92. The summed E-state index contributed by atoms with van der Waals surface area (Å²) in [4.78, 5) is 16.6. The number of benzene rings is 3. The molecule has 0 fully saturated rings. The number of hydrogen-bond acceptors (Lipinski definition) is 2. The third-order valence-corrected chi connectivity index (χ3v) is 5.23. The summed E-state index contributed by atoms with van der Waals surface area (Å²) in [5, 5.41) is 2.75. The number of rotatable bonds is 1. The maximum atomic E-state index is 13.3. The van der Waals surface area contributed by atoms with Crippen LogP contribution < -0.4 is 10.2 Å². The van der Waals surface area contributed by atoms with Crippen LogP contribution >= 0.6 is 23.4 Å². The van der Waals surface area contributed by atoms with E-state index in [1.807, 2.05) is 48.5 Å². The number of nitrogens with one attached hydrogen (secondary N) is 1. The molecule has 0 spiro atoms.